The Balaban J connectivity index is 3.14. The van der Waals surface area contributed by atoms with Crippen molar-refractivity contribution in [1.29, 1.82) is 0 Å². The topological polar surface area (TPSA) is 95.0 Å². The molecule has 6 heteroatoms. The summed E-state index contributed by atoms with van der Waals surface area (Å²) in [5.41, 5.74) is 5.90. The highest BCUT2D eigenvalue weighted by atomic mass is 16.4. The van der Waals surface area contributed by atoms with E-state index >= 15 is 0 Å². The summed E-state index contributed by atoms with van der Waals surface area (Å²) in [6.07, 6.45) is 1.58. The Morgan fingerprint density at radius 3 is 2.72 bits per heavy atom. The van der Waals surface area contributed by atoms with Crippen LogP contribution in [0.2, 0.25) is 0 Å². The van der Waals surface area contributed by atoms with Crippen LogP contribution in [0.4, 0.5) is 5.69 Å². The third-order valence-corrected chi connectivity index (χ3v) is 2.44. The number of nitrogens with zero attached hydrogens (tertiary/aromatic N) is 3. The highest BCUT2D eigenvalue weighted by Gasteiger charge is 2.21. The standard InChI is InChI=1S/C12H20N4O2/c1-4-16(8-12(2,3)17)9-6-5-7-14-10(9)11(13)15-18/h5-7,17-18H,4,8H2,1-3H3,(H2,13,15). The summed E-state index contributed by atoms with van der Waals surface area (Å²) < 4.78 is 0. The Labute approximate surface area is 107 Å². The lowest BCUT2D eigenvalue weighted by Crippen LogP contribution is -2.39. The summed E-state index contributed by atoms with van der Waals surface area (Å²) in [5, 5.41) is 21.6. The van der Waals surface area contributed by atoms with Crippen LogP contribution in [0, 0.1) is 0 Å². The SMILES string of the molecule is CCN(CC(C)(C)O)c1cccnc1/C(N)=N/O. The fourth-order valence-electron chi connectivity index (χ4n) is 1.73. The van der Waals surface area contributed by atoms with Crippen molar-refractivity contribution in [1.82, 2.24) is 4.98 Å². The van der Waals surface area contributed by atoms with Gasteiger partial charge in [0.15, 0.2) is 5.84 Å². The second kappa shape index (κ2) is 5.68. The van der Waals surface area contributed by atoms with Gasteiger partial charge in [0.2, 0.25) is 0 Å². The fraction of sp³-hybridized carbons (Fsp3) is 0.500. The van der Waals surface area contributed by atoms with Crippen LogP contribution in [0.3, 0.4) is 0 Å². The zero-order chi connectivity index (χ0) is 13.8. The van der Waals surface area contributed by atoms with E-state index in [1.165, 1.54) is 0 Å². The van der Waals surface area contributed by atoms with E-state index in [2.05, 4.69) is 10.1 Å². The van der Waals surface area contributed by atoms with Crippen molar-refractivity contribution in [2.75, 3.05) is 18.0 Å². The van der Waals surface area contributed by atoms with Gasteiger partial charge in [0.05, 0.1) is 11.3 Å². The third kappa shape index (κ3) is 3.59. The molecule has 0 amide bonds. The minimum absolute atomic E-state index is 0.0419. The molecular weight excluding hydrogens is 232 g/mol. The van der Waals surface area contributed by atoms with Crippen molar-refractivity contribution in [3.8, 4) is 0 Å². The summed E-state index contributed by atoms with van der Waals surface area (Å²) in [6.45, 7) is 6.54. The zero-order valence-corrected chi connectivity index (χ0v) is 11.0. The Hall–Kier alpha value is -1.82. The smallest absolute Gasteiger partial charge is 0.190 e. The first kappa shape index (κ1) is 14.2. The van der Waals surface area contributed by atoms with E-state index in [-0.39, 0.29) is 5.84 Å². The minimum atomic E-state index is -0.839. The van der Waals surface area contributed by atoms with Crippen molar-refractivity contribution in [3.05, 3.63) is 24.0 Å². The predicted octanol–water partition coefficient (Wildman–Crippen LogP) is 0.773. The lowest BCUT2D eigenvalue weighted by Gasteiger charge is -2.30. The number of oxime groups is 1. The van der Waals surface area contributed by atoms with Crippen LogP contribution in [0.5, 0.6) is 0 Å². The molecule has 0 atom stereocenters. The van der Waals surface area contributed by atoms with Crippen LogP contribution < -0.4 is 10.6 Å². The van der Waals surface area contributed by atoms with Gasteiger partial charge in [-0.15, -0.1) is 0 Å². The maximum atomic E-state index is 9.89. The van der Waals surface area contributed by atoms with Crippen LogP contribution in [-0.4, -0.2) is 39.8 Å². The largest absolute Gasteiger partial charge is 0.409 e. The Morgan fingerprint density at radius 1 is 1.56 bits per heavy atom. The lowest BCUT2D eigenvalue weighted by molar-refractivity contribution is 0.0876. The molecule has 4 N–H and O–H groups in total. The molecule has 100 valence electrons. The summed E-state index contributed by atoms with van der Waals surface area (Å²) in [4.78, 5) is 6.04. The van der Waals surface area contributed by atoms with Crippen molar-refractivity contribution >= 4 is 11.5 Å². The van der Waals surface area contributed by atoms with Gasteiger partial charge >= 0.3 is 0 Å². The normalized spacial score (nSPS) is 12.6. The molecule has 18 heavy (non-hydrogen) atoms. The van der Waals surface area contributed by atoms with Gasteiger partial charge in [-0.1, -0.05) is 5.16 Å². The van der Waals surface area contributed by atoms with Crippen molar-refractivity contribution in [3.63, 3.8) is 0 Å². The van der Waals surface area contributed by atoms with Crippen LogP contribution >= 0.6 is 0 Å². The first-order valence-corrected chi connectivity index (χ1v) is 5.79. The molecule has 0 saturated carbocycles. The van der Waals surface area contributed by atoms with E-state index in [4.69, 9.17) is 10.9 Å². The third-order valence-electron chi connectivity index (χ3n) is 2.44. The van der Waals surface area contributed by atoms with E-state index in [0.717, 1.165) is 5.69 Å². The zero-order valence-electron chi connectivity index (χ0n) is 11.0. The molecule has 0 saturated heterocycles. The van der Waals surface area contributed by atoms with Crippen molar-refractivity contribution in [2.45, 2.75) is 26.4 Å². The molecule has 0 aliphatic heterocycles. The van der Waals surface area contributed by atoms with Gasteiger partial charge < -0.3 is 20.9 Å². The van der Waals surface area contributed by atoms with Gasteiger partial charge in [0.25, 0.3) is 0 Å². The van der Waals surface area contributed by atoms with Crippen LogP contribution in [0.25, 0.3) is 0 Å². The monoisotopic (exact) mass is 252 g/mol. The summed E-state index contributed by atoms with van der Waals surface area (Å²) in [7, 11) is 0. The number of anilines is 1. The molecule has 1 aromatic heterocycles. The maximum absolute atomic E-state index is 9.89. The highest BCUT2D eigenvalue weighted by Crippen LogP contribution is 2.20. The van der Waals surface area contributed by atoms with Gasteiger partial charge in [0, 0.05) is 19.3 Å². The second-order valence-corrected chi connectivity index (χ2v) is 4.68. The summed E-state index contributed by atoms with van der Waals surface area (Å²) >= 11 is 0. The number of hydrogen-bond acceptors (Lipinski definition) is 5. The number of hydrogen-bond donors (Lipinski definition) is 3. The molecule has 1 aromatic rings. The van der Waals surface area contributed by atoms with Gasteiger partial charge in [-0.2, -0.15) is 0 Å². The van der Waals surface area contributed by atoms with Crippen LogP contribution in [0.1, 0.15) is 26.5 Å². The molecule has 0 aliphatic carbocycles. The number of likely N-dealkylation sites (N-methyl/N-ethyl adjacent to an activating group) is 1. The molecule has 0 radical (unpaired) electrons. The average Bonchev–Trinajstić information content (AvgIpc) is 2.34. The van der Waals surface area contributed by atoms with Gasteiger partial charge in [-0.3, -0.25) is 4.98 Å². The van der Waals surface area contributed by atoms with Crippen molar-refractivity contribution < 1.29 is 10.3 Å². The number of nitrogens with two attached hydrogens (primary N) is 1. The van der Waals surface area contributed by atoms with Gasteiger partial charge in [-0.25, -0.2) is 0 Å². The number of rotatable bonds is 5. The van der Waals surface area contributed by atoms with Crippen LogP contribution in [0.15, 0.2) is 23.5 Å². The molecule has 0 spiro atoms. The number of aliphatic hydroxyl groups is 1. The summed E-state index contributed by atoms with van der Waals surface area (Å²) in [6, 6.07) is 3.60. The quantitative estimate of drug-likeness (QED) is 0.311. The van der Waals surface area contributed by atoms with Crippen molar-refractivity contribution in [2.24, 2.45) is 10.9 Å². The maximum Gasteiger partial charge on any atom is 0.190 e. The molecule has 0 aliphatic rings. The fourth-order valence-corrected chi connectivity index (χ4v) is 1.73. The number of pyridine rings is 1. The average molecular weight is 252 g/mol. The Kier molecular flexibility index (Phi) is 4.49. The molecule has 1 heterocycles. The summed E-state index contributed by atoms with van der Waals surface area (Å²) in [5.74, 6) is -0.0419. The van der Waals surface area contributed by atoms with Crippen LogP contribution in [-0.2, 0) is 0 Å². The molecule has 1 rings (SSSR count). The Morgan fingerprint density at radius 2 is 2.22 bits per heavy atom. The highest BCUT2D eigenvalue weighted by molar-refractivity contribution is 6.00. The first-order chi connectivity index (χ1) is 8.39. The minimum Gasteiger partial charge on any atom is -0.409 e. The van der Waals surface area contributed by atoms with E-state index in [1.807, 2.05) is 17.9 Å². The molecule has 0 bridgehead atoms. The molecular formula is C12H20N4O2. The van der Waals surface area contributed by atoms with E-state index in [1.54, 1.807) is 26.1 Å². The number of amidine groups is 1. The van der Waals surface area contributed by atoms with Gasteiger partial charge in [-0.05, 0) is 32.9 Å². The van der Waals surface area contributed by atoms with E-state index in [0.29, 0.717) is 18.8 Å². The Bertz CT molecular complexity index is 426. The van der Waals surface area contributed by atoms with E-state index < -0.39 is 5.60 Å². The lowest BCUT2D eigenvalue weighted by atomic mass is 10.1. The molecule has 0 aromatic carbocycles. The van der Waals surface area contributed by atoms with E-state index in [9.17, 15) is 5.11 Å². The number of aromatic nitrogens is 1. The molecule has 0 fully saturated rings. The predicted molar refractivity (Wildman–Crippen MR) is 70.9 cm³/mol. The molecule has 6 nitrogen and oxygen atoms in total. The first-order valence-electron chi connectivity index (χ1n) is 5.79. The molecule has 0 unspecified atom stereocenters. The second-order valence-electron chi connectivity index (χ2n) is 4.68. The van der Waals surface area contributed by atoms with Gasteiger partial charge in [0.1, 0.15) is 5.69 Å².